The molecule has 6 nitrogen and oxygen atoms in total. The monoisotopic (exact) mass is 342 g/mol. The normalized spacial score (nSPS) is 15.0. The summed E-state index contributed by atoms with van der Waals surface area (Å²) in [4.78, 5) is 40.3. The predicted octanol–water partition coefficient (Wildman–Crippen LogP) is 2.12. The summed E-state index contributed by atoms with van der Waals surface area (Å²) in [6, 6.07) is 8.69. The highest BCUT2D eigenvalue weighted by atomic mass is 16.4. The van der Waals surface area contributed by atoms with Crippen LogP contribution in [0.3, 0.4) is 0 Å². The van der Waals surface area contributed by atoms with Crippen molar-refractivity contribution in [2.75, 3.05) is 26.2 Å². The number of carbonyl (C=O) groups is 2. The number of nitrogens with zero attached hydrogens (tertiary/aromatic N) is 2. The number of carbonyl (C=O) groups excluding carboxylic acids is 2. The van der Waals surface area contributed by atoms with Crippen LogP contribution in [0.25, 0.3) is 11.0 Å². The number of fused-ring (bicyclic) bond motifs is 1. The molecule has 132 valence electrons. The second kappa shape index (κ2) is 7.09. The number of amides is 2. The molecule has 0 radical (unpaired) electrons. The zero-order valence-electron chi connectivity index (χ0n) is 14.5. The molecule has 0 bridgehead atoms. The van der Waals surface area contributed by atoms with Gasteiger partial charge < -0.3 is 14.2 Å². The van der Waals surface area contributed by atoms with Crippen LogP contribution in [-0.4, -0.2) is 47.8 Å². The van der Waals surface area contributed by atoms with Gasteiger partial charge in [0, 0.05) is 38.0 Å². The van der Waals surface area contributed by atoms with E-state index in [1.165, 1.54) is 0 Å². The summed E-state index contributed by atoms with van der Waals surface area (Å²) >= 11 is 0. The average molecular weight is 342 g/mol. The minimum absolute atomic E-state index is 0.0423. The Morgan fingerprint density at radius 2 is 1.72 bits per heavy atom. The van der Waals surface area contributed by atoms with E-state index in [9.17, 15) is 14.4 Å². The number of hydrogen-bond acceptors (Lipinski definition) is 4. The maximum atomic E-state index is 12.7. The van der Waals surface area contributed by atoms with Crippen molar-refractivity contribution in [2.45, 2.75) is 20.3 Å². The largest absolute Gasteiger partial charge is 0.422 e. The number of rotatable bonds is 3. The Morgan fingerprint density at radius 1 is 1.08 bits per heavy atom. The first-order valence-electron chi connectivity index (χ1n) is 8.55. The quantitative estimate of drug-likeness (QED) is 0.801. The molecule has 2 heterocycles. The Kier molecular flexibility index (Phi) is 4.88. The van der Waals surface area contributed by atoms with Gasteiger partial charge in [-0.15, -0.1) is 0 Å². The summed E-state index contributed by atoms with van der Waals surface area (Å²) in [5, 5.41) is 0.719. The van der Waals surface area contributed by atoms with Crippen LogP contribution in [0.2, 0.25) is 0 Å². The Bertz CT molecular complexity index is 848. The van der Waals surface area contributed by atoms with Gasteiger partial charge in [0.15, 0.2) is 0 Å². The van der Waals surface area contributed by atoms with Crippen LogP contribution in [0.15, 0.2) is 39.5 Å². The van der Waals surface area contributed by atoms with Crippen molar-refractivity contribution in [1.29, 1.82) is 0 Å². The maximum absolute atomic E-state index is 12.7. The highest BCUT2D eigenvalue weighted by Crippen LogP contribution is 2.15. The lowest BCUT2D eigenvalue weighted by Crippen LogP contribution is -2.51. The Labute approximate surface area is 146 Å². The van der Waals surface area contributed by atoms with Crippen molar-refractivity contribution in [3.8, 4) is 0 Å². The van der Waals surface area contributed by atoms with Gasteiger partial charge in [0.2, 0.25) is 5.91 Å². The molecule has 3 rings (SSSR count). The van der Waals surface area contributed by atoms with E-state index in [1.807, 2.05) is 19.9 Å². The number of para-hydroxylation sites is 1. The predicted molar refractivity (Wildman–Crippen MR) is 94.4 cm³/mol. The molecule has 0 atom stereocenters. The van der Waals surface area contributed by atoms with Crippen LogP contribution in [0, 0.1) is 5.92 Å². The molecule has 1 aromatic carbocycles. The van der Waals surface area contributed by atoms with Crippen LogP contribution in [0.4, 0.5) is 0 Å². The molecular formula is C19H22N2O4. The van der Waals surface area contributed by atoms with Crippen LogP contribution >= 0.6 is 0 Å². The summed E-state index contributed by atoms with van der Waals surface area (Å²) in [6.45, 7) is 5.86. The van der Waals surface area contributed by atoms with E-state index in [2.05, 4.69) is 0 Å². The third-order valence-electron chi connectivity index (χ3n) is 4.37. The Hall–Kier alpha value is -2.63. The minimum atomic E-state index is -0.623. The molecular weight excluding hydrogens is 320 g/mol. The molecule has 1 aliphatic rings. The Balaban J connectivity index is 1.72. The summed E-state index contributed by atoms with van der Waals surface area (Å²) < 4.78 is 5.24. The molecule has 2 aromatic rings. The summed E-state index contributed by atoms with van der Waals surface area (Å²) in [7, 11) is 0. The first kappa shape index (κ1) is 17.2. The van der Waals surface area contributed by atoms with Gasteiger partial charge in [-0.1, -0.05) is 32.0 Å². The zero-order chi connectivity index (χ0) is 18.0. The molecule has 0 unspecified atom stereocenters. The average Bonchev–Trinajstić information content (AvgIpc) is 2.60. The topological polar surface area (TPSA) is 70.8 Å². The number of benzene rings is 1. The van der Waals surface area contributed by atoms with Gasteiger partial charge in [0.25, 0.3) is 5.91 Å². The van der Waals surface area contributed by atoms with Crippen molar-refractivity contribution in [2.24, 2.45) is 5.92 Å². The summed E-state index contributed by atoms with van der Waals surface area (Å²) in [5.74, 6) is 0.0946. The van der Waals surface area contributed by atoms with Gasteiger partial charge in [-0.3, -0.25) is 9.59 Å². The fourth-order valence-corrected chi connectivity index (χ4v) is 3.02. The lowest BCUT2D eigenvalue weighted by atomic mass is 10.1. The first-order chi connectivity index (χ1) is 12.0. The summed E-state index contributed by atoms with van der Waals surface area (Å²) in [6.07, 6.45) is 0.516. The van der Waals surface area contributed by atoms with Crippen molar-refractivity contribution < 1.29 is 14.0 Å². The van der Waals surface area contributed by atoms with E-state index < -0.39 is 5.63 Å². The maximum Gasteiger partial charge on any atom is 0.349 e. The van der Waals surface area contributed by atoms with E-state index in [1.54, 1.807) is 34.1 Å². The second-order valence-corrected chi connectivity index (χ2v) is 6.76. The molecule has 2 amide bonds. The van der Waals surface area contributed by atoms with Crippen LogP contribution in [0.1, 0.15) is 30.6 Å². The highest BCUT2D eigenvalue weighted by Gasteiger charge is 2.27. The van der Waals surface area contributed by atoms with Crippen molar-refractivity contribution in [3.63, 3.8) is 0 Å². The lowest BCUT2D eigenvalue weighted by molar-refractivity contribution is -0.133. The number of piperazine rings is 1. The standard InChI is InChI=1S/C19H22N2O4/c1-13(2)11-17(22)20-7-9-21(10-8-20)18(23)15-12-14-5-3-4-6-16(14)25-19(15)24/h3-6,12-13H,7-11H2,1-2H3. The fraction of sp³-hybridized carbons (Fsp3) is 0.421. The molecule has 0 saturated carbocycles. The van der Waals surface area contributed by atoms with E-state index in [4.69, 9.17) is 4.42 Å². The smallest absolute Gasteiger partial charge is 0.349 e. The molecule has 25 heavy (non-hydrogen) atoms. The molecule has 6 heteroatoms. The van der Waals surface area contributed by atoms with E-state index in [0.717, 1.165) is 5.39 Å². The SMILES string of the molecule is CC(C)CC(=O)N1CCN(C(=O)c2cc3ccccc3oc2=O)CC1. The van der Waals surface area contributed by atoms with Crippen molar-refractivity contribution in [3.05, 3.63) is 46.3 Å². The molecule has 0 spiro atoms. The van der Waals surface area contributed by atoms with Crippen LogP contribution in [0.5, 0.6) is 0 Å². The fourth-order valence-electron chi connectivity index (χ4n) is 3.02. The van der Waals surface area contributed by atoms with Crippen molar-refractivity contribution >= 4 is 22.8 Å². The van der Waals surface area contributed by atoms with Gasteiger partial charge in [-0.05, 0) is 18.1 Å². The molecule has 0 N–H and O–H groups in total. The second-order valence-electron chi connectivity index (χ2n) is 6.76. The third kappa shape index (κ3) is 3.73. The van der Waals surface area contributed by atoms with Crippen LogP contribution < -0.4 is 5.63 Å². The zero-order valence-corrected chi connectivity index (χ0v) is 14.5. The van der Waals surface area contributed by atoms with Gasteiger partial charge in [0.05, 0.1) is 0 Å². The summed E-state index contributed by atoms with van der Waals surface area (Å²) in [5.41, 5.74) is -0.115. The molecule has 1 aromatic heterocycles. The number of hydrogen-bond donors (Lipinski definition) is 0. The lowest BCUT2D eigenvalue weighted by Gasteiger charge is -2.35. The van der Waals surface area contributed by atoms with Crippen LogP contribution in [-0.2, 0) is 4.79 Å². The van der Waals surface area contributed by atoms with E-state index in [0.29, 0.717) is 44.1 Å². The van der Waals surface area contributed by atoms with E-state index >= 15 is 0 Å². The Morgan fingerprint density at radius 3 is 2.40 bits per heavy atom. The van der Waals surface area contributed by atoms with Gasteiger partial charge in [0.1, 0.15) is 11.1 Å². The first-order valence-corrected chi connectivity index (χ1v) is 8.55. The van der Waals surface area contributed by atoms with Gasteiger partial charge in [-0.2, -0.15) is 0 Å². The van der Waals surface area contributed by atoms with Gasteiger partial charge in [-0.25, -0.2) is 4.79 Å². The molecule has 0 aliphatic carbocycles. The highest BCUT2D eigenvalue weighted by molar-refractivity contribution is 5.96. The third-order valence-corrected chi connectivity index (χ3v) is 4.37. The van der Waals surface area contributed by atoms with Gasteiger partial charge >= 0.3 is 5.63 Å². The minimum Gasteiger partial charge on any atom is -0.422 e. The molecule has 1 aliphatic heterocycles. The van der Waals surface area contributed by atoms with Crippen molar-refractivity contribution in [1.82, 2.24) is 9.80 Å². The molecule has 1 fully saturated rings. The van der Waals surface area contributed by atoms with E-state index in [-0.39, 0.29) is 17.4 Å². The molecule has 1 saturated heterocycles.